The van der Waals surface area contributed by atoms with Crippen LogP contribution < -0.4 is 10.6 Å². The number of hydrogen-bond acceptors (Lipinski definition) is 7. The molecule has 1 fully saturated rings. The minimum Gasteiger partial charge on any atom is -0.365 e. The second-order valence-electron chi connectivity index (χ2n) is 8.18. The first kappa shape index (κ1) is 20.9. The highest BCUT2D eigenvalue weighted by molar-refractivity contribution is 5.92. The summed E-state index contributed by atoms with van der Waals surface area (Å²) < 4.78 is 14.9. The van der Waals surface area contributed by atoms with Gasteiger partial charge in [0, 0.05) is 41.6 Å². The summed E-state index contributed by atoms with van der Waals surface area (Å²) in [5.41, 5.74) is 2.02. The highest BCUT2D eigenvalue weighted by atomic mass is 19.1. The highest BCUT2D eigenvalue weighted by Gasteiger charge is 2.26. The molecule has 4 heterocycles. The van der Waals surface area contributed by atoms with Crippen molar-refractivity contribution in [2.45, 2.75) is 44.7 Å². The van der Waals surface area contributed by atoms with Gasteiger partial charge < -0.3 is 15.6 Å². The van der Waals surface area contributed by atoms with Gasteiger partial charge in [-0.3, -0.25) is 9.78 Å². The van der Waals surface area contributed by atoms with Crippen LogP contribution in [-0.4, -0.2) is 47.9 Å². The number of nitrogens with one attached hydrogen (secondary N) is 3. The van der Waals surface area contributed by atoms with Crippen molar-refractivity contribution in [2.75, 3.05) is 5.32 Å². The van der Waals surface area contributed by atoms with Crippen molar-refractivity contribution in [3.63, 3.8) is 0 Å². The third-order valence-corrected chi connectivity index (χ3v) is 5.86. The molecule has 0 saturated heterocycles. The Morgan fingerprint density at radius 3 is 2.91 bits per heavy atom. The predicted molar refractivity (Wildman–Crippen MR) is 121 cm³/mol. The minimum atomic E-state index is -0.477. The van der Waals surface area contributed by atoms with Gasteiger partial charge in [0.15, 0.2) is 17.5 Å². The van der Waals surface area contributed by atoms with Crippen LogP contribution in [0.3, 0.4) is 0 Å². The molecule has 9 nitrogen and oxygen atoms in total. The number of rotatable bonds is 5. The maximum atomic E-state index is 14.9. The lowest BCUT2D eigenvalue weighted by molar-refractivity contribution is 0.0921. The number of fused-ring (bicyclic) bond motifs is 1. The van der Waals surface area contributed by atoms with E-state index in [1.807, 2.05) is 0 Å². The van der Waals surface area contributed by atoms with Crippen molar-refractivity contribution in [3.8, 4) is 11.4 Å². The van der Waals surface area contributed by atoms with E-state index in [4.69, 9.17) is 0 Å². The van der Waals surface area contributed by atoms with Crippen LogP contribution in [0.2, 0.25) is 0 Å². The van der Waals surface area contributed by atoms with Crippen molar-refractivity contribution in [1.82, 2.24) is 35.2 Å². The SMILES string of the molecule is Cc1nc(-c2c[nH]c3ncncc23)nc(NC2CCC[C@H](NC(=O)c3ccccn3)C2)c1F. The monoisotopic (exact) mass is 446 g/mol. The molecule has 3 N–H and O–H groups in total. The number of halogens is 1. The summed E-state index contributed by atoms with van der Waals surface area (Å²) in [7, 11) is 0. The molecule has 1 amide bonds. The lowest BCUT2D eigenvalue weighted by Gasteiger charge is -2.30. The second-order valence-corrected chi connectivity index (χ2v) is 8.18. The van der Waals surface area contributed by atoms with Gasteiger partial charge >= 0.3 is 0 Å². The number of carbonyl (C=O) groups excluding carboxylic acids is 1. The van der Waals surface area contributed by atoms with Crippen molar-refractivity contribution < 1.29 is 9.18 Å². The molecule has 4 aromatic rings. The first-order chi connectivity index (χ1) is 16.1. The molecule has 1 unspecified atom stereocenters. The maximum absolute atomic E-state index is 14.9. The Labute approximate surface area is 189 Å². The average molecular weight is 446 g/mol. The highest BCUT2D eigenvalue weighted by Crippen LogP contribution is 2.28. The number of carbonyl (C=O) groups is 1. The van der Waals surface area contributed by atoms with E-state index < -0.39 is 5.82 Å². The molecule has 2 atom stereocenters. The zero-order valence-electron chi connectivity index (χ0n) is 18.0. The Morgan fingerprint density at radius 1 is 1.18 bits per heavy atom. The Balaban J connectivity index is 1.34. The van der Waals surface area contributed by atoms with E-state index >= 15 is 0 Å². The number of anilines is 1. The summed E-state index contributed by atoms with van der Waals surface area (Å²) in [4.78, 5) is 36.7. The van der Waals surface area contributed by atoms with Gasteiger partial charge in [-0.05, 0) is 44.7 Å². The molecule has 33 heavy (non-hydrogen) atoms. The van der Waals surface area contributed by atoms with Gasteiger partial charge in [-0.2, -0.15) is 0 Å². The van der Waals surface area contributed by atoms with E-state index in [1.54, 1.807) is 43.7 Å². The molecule has 1 saturated carbocycles. The Bertz CT molecular complexity index is 1290. The summed E-state index contributed by atoms with van der Waals surface area (Å²) in [5.74, 6) is -0.123. The largest absolute Gasteiger partial charge is 0.365 e. The molecular formula is C23H23FN8O. The molecule has 0 spiro atoms. The summed E-state index contributed by atoms with van der Waals surface area (Å²) in [6.45, 7) is 1.62. The van der Waals surface area contributed by atoms with Gasteiger partial charge in [0.05, 0.1) is 5.69 Å². The standard InChI is InChI=1S/C23H23FN8O/c1-13-19(24)22(32-21(29-13)17-11-27-20-16(17)10-25-12-28-20)30-14-5-4-6-15(9-14)31-23(33)18-7-2-3-8-26-18/h2-3,7-8,10-12,14-15H,4-6,9H2,1H3,(H,31,33)(H,25,27,28)(H,29,30,32)/t14?,15-/m0/s1. The quantitative estimate of drug-likeness (QED) is 0.429. The van der Waals surface area contributed by atoms with Gasteiger partial charge in [-0.1, -0.05) is 6.07 Å². The zero-order valence-corrected chi connectivity index (χ0v) is 18.0. The fourth-order valence-corrected chi connectivity index (χ4v) is 4.22. The first-order valence-electron chi connectivity index (χ1n) is 10.9. The van der Waals surface area contributed by atoms with E-state index in [1.165, 1.54) is 6.33 Å². The summed E-state index contributed by atoms with van der Waals surface area (Å²) in [6, 6.07) is 5.18. The number of aryl methyl sites for hydroxylation is 1. The fourth-order valence-electron chi connectivity index (χ4n) is 4.22. The zero-order chi connectivity index (χ0) is 22.8. The molecule has 10 heteroatoms. The smallest absolute Gasteiger partial charge is 0.270 e. The number of amides is 1. The van der Waals surface area contributed by atoms with Crippen LogP contribution in [0.15, 0.2) is 43.1 Å². The Hall–Kier alpha value is -3.95. The lowest BCUT2D eigenvalue weighted by atomic mass is 9.91. The first-order valence-corrected chi connectivity index (χ1v) is 10.9. The van der Waals surface area contributed by atoms with Crippen LogP contribution in [0.1, 0.15) is 41.9 Å². The van der Waals surface area contributed by atoms with Gasteiger partial charge in [0.2, 0.25) is 0 Å². The van der Waals surface area contributed by atoms with Crippen LogP contribution in [-0.2, 0) is 0 Å². The van der Waals surface area contributed by atoms with Crippen molar-refractivity contribution in [1.29, 1.82) is 0 Å². The molecule has 1 aliphatic rings. The van der Waals surface area contributed by atoms with E-state index in [-0.39, 0.29) is 29.5 Å². The molecule has 4 aromatic heterocycles. The molecular weight excluding hydrogens is 423 g/mol. The Morgan fingerprint density at radius 2 is 2.06 bits per heavy atom. The topological polar surface area (TPSA) is 121 Å². The van der Waals surface area contributed by atoms with E-state index in [0.29, 0.717) is 29.1 Å². The summed E-state index contributed by atoms with van der Waals surface area (Å²) in [6.07, 6.45) is 9.77. The Kier molecular flexibility index (Phi) is 5.64. The fraction of sp³-hybridized carbons (Fsp3) is 0.304. The van der Waals surface area contributed by atoms with E-state index in [0.717, 1.165) is 24.6 Å². The molecule has 0 aromatic carbocycles. The number of nitrogens with zero attached hydrogens (tertiary/aromatic N) is 5. The number of aromatic amines is 1. The van der Waals surface area contributed by atoms with Crippen molar-refractivity contribution in [2.24, 2.45) is 0 Å². The van der Waals surface area contributed by atoms with Crippen LogP contribution in [0.5, 0.6) is 0 Å². The number of H-pyrrole nitrogens is 1. The van der Waals surface area contributed by atoms with Gasteiger partial charge in [0.25, 0.3) is 5.91 Å². The van der Waals surface area contributed by atoms with Crippen LogP contribution in [0.25, 0.3) is 22.4 Å². The maximum Gasteiger partial charge on any atom is 0.270 e. The van der Waals surface area contributed by atoms with Crippen LogP contribution in [0.4, 0.5) is 10.2 Å². The molecule has 5 rings (SSSR count). The van der Waals surface area contributed by atoms with Crippen LogP contribution in [0, 0.1) is 12.7 Å². The summed E-state index contributed by atoms with van der Waals surface area (Å²) >= 11 is 0. The molecule has 0 bridgehead atoms. The molecule has 1 aliphatic carbocycles. The van der Waals surface area contributed by atoms with Crippen molar-refractivity contribution >= 4 is 22.8 Å². The number of hydrogen-bond donors (Lipinski definition) is 3. The average Bonchev–Trinajstić information content (AvgIpc) is 3.27. The lowest BCUT2D eigenvalue weighted by Crippen LogP contribution is -2.42. The van der Waals surface area contributed by atoms with Crippen molar-refractivity contribution in [3.05, 3.63) is 60.3 Å². The number of pyridine rings is 1. The van der Waals surface area contributed by atoms with Gasteiger partial charge in [0.1, 0.15) is 17.7 Å². The van der Waals surface area contributed by atoms with E-state index in [2.05, 4.69) is 40.5 Å². The molecule has 168 valence electrons. The normalized spacial score (nSPS) is 18.2. The van der Waals surface area contributed by atoms with E-state index in [9.17, 15) is 9.18 Å². The van der Waals surface area contributed by atoms with Crippen LogP contribution >= 0.6 is 0 Å². The number of aromatic nitrogens is 6. The minimum absolute atomic E-state index is 0.0259. The molecule has 0 aliphatic heterocycles. The van der Waals surface area contributed by atoms with Gasteiger partial charge in [-0.15, -0.1) is 0 Å². The summed E-state index contributed by atoms with van der Waals surface area (Å²) in [5, 5.41) is 7.06. The third-order valence-electron chi connectivity index (χ3n) is 5.86. The molecule has 0 radical (unpaired) electrons. The predicted octanol–water partition coefficient (Wildman–Crippen LogP) is 3.41. The third kappa shape index (κ3) is 4.36. The van der Waals surface area contributed by atoms with Gasteiger partial charge in [-0.25, -0.2) is 24.3 Å². The second kappa shape index (κ2) is 8.89.